The van der Waals surface area contributed by atoms with Gasteiger partial charge < -0.3 is 10.2 Å². The number of amides is 1. The van der Waals surface area contributed by atoms with Gasteiger partial charge in [0, 0.05) is 13.6 Å². The molecule has 10 heteroatoms. The zero-order valence-electron chi connectivity index (χ0n) is 16.1. The van der Waals surface area contributed by atoms with Crippen LogP contribution in [0.15, 0.2) is 53.4 Å². The molecule has 6 nitrogen and oxygen atoms in total. The zero-order valence-corrected chi connectivity index (χ0v) is 16.9. The van der Waals surface area contributed by atoms with E-state index in [9.17, 15) is 26.4 Å². The number of benzene rings is 2. The van der Waals surface area contributed by atoms with E-state index in [1.54, 1.807) is 24.3 Å². The van der Waals surface area contributed by atoms with Crippen molar-refractivity contribution in [2.75, 3.05) is 23.8 Å². The molecule has 2 aromatic carbocycles. The molecule has 2 N–H and O–H groups in total. The van der Waals surface area contributed by atoms with Crippen molar-refractivity contribution < 1.29 is 26.4 Å². The summed E-state index contributed by atoms with van der Waals surface area (Å²) in [7, 11) is -2.76. The lowest BCUT2D eigenvalue weighted by molar-refractivity contribution is -0.139. The van der Waals surface area contributed by atoms with Crippen LogP contribution in [0.3, 0.4) is 0 Å². The average Bonchev–Trinajstić information content (AvgIpc) is 2.66. The monoisotopic (exact) mass is 429 g/mol. The summed E-state index contributed by atoms with van der Waals surface area (Å²) in [6, 6.07) is 9.44. The molecular formula is C19H22F3N3O3S. The van der Waals surface area contributed by atoms with Gasteiger partial charge in [-0.3, -0.25) is 4.79 Å². The lowest BCUT2D eigenvalue weighted by atomic mass is 10.2. The van der Waals surface area contributed by atoms with Gasteiger partial charge >= 0.3 is 6.18 Å². The van der Waals surface area contributed by atoms with E-state index in [-0.39, 0.29) is 0 Å². The van der Waals surface area contributed by atoms with Gasteiger partial charge in [-0.15, -0.1) is 0 Å². The second-order valence-electron chi connectivity index (χ2n) is 6.36. The van der Waals surface area contributed by atoms with Crippen LogP contribution in [0.4, 0.5) is 24.5 Å². The minimum atomic E-state index is -4.85. The molecule has 1 atom stereocenters. The molecule has 0 heterocycles. The van der Waals surface area contributed by atoms with Crippen LogP contribution in [0, 0.1) is 0 Å². The van der Waals surface area contributed by atoms with E-state index in [4.69, 9.17) is 0 Å². The number of hydrogen-bond donors (Lipinski definition) is 2. The number of alkyl halides is 3. The van der Waals surface area contributed by atoms with Crippen LogP contribution in [-0.2, 0) is 21.0 Å². The van der Waals surface area contributed by atoms with Crippen LogP contribution in [0.1, 0.15) is 19.4 Å². The van der Waals surface area contributed by atoms with Crippen LogP contribution in [0.5, 0.6) is 0 Å². The van der Waals surface area contributed by atoms with Crippen molar-refractivity contribution in [3.63, 3.8) is 0 Å². The van der Waals surface area contributed by atoms with Crippen molar-refractivity contribution in [1.29, 1.82) is 0 Å². The summed E-state index contributed by atoms with van der Waals surface area (Å²) in [4.78, 5) is 13.4. The predicted molar refractivity (Wildman–Crippen MR) is 105 cm³/mol. The van der Waals surface area contributed by atoms with E-state index in [0.29, 0.717) is 18.3 Å². The number of carbonyl (C=O) groups excluding carboxylic acids is 1. The first kappa shape index (κ1) is 22.7. The Labute approximate surface area is 167 Å². The fraction of sp³-hybridized carbons (Fsp3) is 0.316. The molecule has 0 aromatic heterocycles. The Kier molecular flexibility index (Phi) is 6.91. The van der Waals surface area contributed by atoms with E-state index >= 15 is 0 Å². The third-order valence-corrected chi connectivity index (χ3v) is 5.85. The Balaban J connectivity index is 2.23. The molecule has 0 saturated heterocycles. The molecule has 0 spiro atoms. The molecule has 0 aliphatic rings. The highest BCUT2D eigenvalue weighted by molar-refractivity contribution is 7.89. The number of para-hydroxylation sites is 2. The molecule has 0 radical (unpaired) electrons. The van der Waals surface area contributed by atoms with Crippen LogP contribution in [0.25, 0.3) is 0 Å². The summed E-state index contributed by atoms with van der Waals surface area (Å²) < 4.78 is 66.4. The lowest BCUT2D eigenvalue weighted by Crippen LogP contribution is -2.42. The van der Waals surface area contributed by atoms with E-state index in [0.717, 1.165) is 17.8 Å². The molecule has 0 aliphatic carbocycles. The first-order valence-electron chi connectivity index (χ1n) is 8.77. The Morgan fingerprint density at radius 3 is 2.31 bits per heavy atom. The maximum absolute atomic E-state index is 13.1. The largest absolute Gasteiger partial charge is 0.417 e. The molecular weight excluding hydrogens is 407 g/mol. The Hall–Kier alpha value is -2.59. The smallest absolute Gasteiger partial charge is 0.373 e. The number of anilines is 2. The number of sulfonamides is 1. The fourth-order valence-corrected chi connectivity index (χ4v) is 4.04. The molecule has 2 aromatic rings. The summed E-state index contributed by atoms with van der Waals surface area (Å²) in [5.41, 5.74) is -0.112. The van der Waals surface area contributed by atoms with Crippen LogP contribution in [-0.4, -0.2) is 34.0 Å². The number of hydrogen-bond acceptors (Lipinski definition) is 4. The average molecular weight is 429 g/mol. The maximum Gasteiger partial charge on any atom is 0.417 e. The summed E-state index contributed by atoms with van der Waals surface area (Å²) in [6.07, 6.45) is -4.85. The topological polar surface area (TPSA) is 78.5 Å². The van der Waals surface area contributed by atoms with Gasteiger partial charge in [-0.25, -0.2) is 8.42 Å². The summed E-state index contributed by atoms with van der Waals surface area (Å²) in [5.74, 6) is -0.699. The van der Waals surface area contributed by atoms with Crippen molar-refractivity contribution in [3.05, 3.63) is 54.1 Å². The Morgan fingerprint density at radius 2 is 1.69 bits per heavy atom. The van der Waals surface area contributed by atoms with Crippen LogP contribution >= 0.6 is 0 Å². The van der Waals surface area contributed by atoms with E-state index in [2.05, 4.69) is 5.32 Å². The Morgan fingerprint density at radius 1 is 1.10 bits per heavy atom. The molecule has 0 aliphatic heterocycles. The second-order valence-corrected chi connectivity index (χ2v) is 8.04. The SMILES string of the molecule is CCN(C)c1ccccc1NC(=O)[C@H](C)NS(=O)(=O)c1ccccc1C(F)(F)F. The van der Waals surface area contributed by atoms with E-state index in [1.165, 1.54) is 13.0 Å². The van der Waals surface area contributed by atoms with Gasteiger partial charge in [-0.1, -0.05) is 24.3 Å². The van der Waals surface area contributed by atoms with Gasteiger partial charge in [-0.2, -0.15) is 17.9 Å². The van der Waals surface area contributed by atoms with Gasteiger partial charge in [0.05, 0.1) is 27.9 Å². The summed E-state index contributed by atoms with van der Waals surface area (Å²) >= 11 is 0. The summed E-state index contributed by atoms with van der Waals surface area (Å²) in [5, 5.41) is 2.61. The van der Waals surface area contributed by atoms with Gasteiger partial charge in [-0.05, 0) is 38.1 Å². The van der Waals surface area contributed by atoms with Gasteiger partial charge in [0.2, 0.25) is 15.9 Å². The minimum absolute atomic E-state index is 0.462. The summed E-state index contributed by atoms with van der Waals surface area (Å²) in [6.45, 7) is 3.85. The van der Waals surface area contributed by atoms with Gasteiger partial charge in [0.15, 0.2) is 0 Å². The standard InChI is InChI=1S/C19H22F3N3O3S/c1-4-25(3)16-11-7-6-10-15(16)23-18(26)13(2)24-29(27,28)17-12-8-5-9-14(17)19(20,21)22/h5-13,24H,4H2,1-3H3,(H,23,26)/t13-/m0/s1. The Bertz CT molecular complexity index is 978. The third-order valence-electron chi connectivity index (χ3n) is 4.25. The minimum Gasteiger partial charge on any atom is -0.373 e. The van der Waals surface area contributed by atoms with Crippen LogP contribution < -0.4 is 14.9 Å². The number of nitrogens with zero attached hydrogens (tertiary/aromatic N) is 1. The van der Waals surface area contributed by atoms with E-state index < -0.39 is 38.6 Å². The predicted octanol–water partition coefficient (Wildman–Crippen LogP) is 3.47. The van der Waals surface area contributed by atoms with E-state index in [1.807, 2.05) is 23.6 Å². The highest BCUT2D eigenvalue weighted by Gasteiger charge is 2.37. The highest BCUT2D eigenvalue weighted by atomic mass is 32.2. The molecule has 2 rings (SSSR count). The second kappa shape index (κ2) is 8.83. The van der Waals surface area contributed by atoms with Gasteiger partial charge in [0.1, 0.15) is 0 Å². The normalized spacial score (nSPS) is 13.0. The zero-order chi connectivity index (χ0) is 21.8. The number of rotatable bonds is 7. The van der Waals surface area contributed by atoms with Crippen molar-refractivity contribution >= 4 is 27.3 Å². The third kappa shape index (κ3) is 5.48. The molecule has 29 heavy (non-hydrogen) atoms. The van der Waals surface area contributed by atoms with Crippen molar-refractivity contribution in [3.8, 4) is 0 Å². The quantitative estimate of drug-likeness (QED) is 0.707. The maximum atomic E-state index is 13.1. The molecule has 0 fully saturated rings. The highest BCUT2D eigenvalue weighted by Crippen LogP contribution is 2.34. The lowest BCUT2D eigenvalue weighted by Gasteiger charge is -2.22. The first-order chi connectivity index (χ1) is 13.5. The number of carbonyl (C=O) groups is 1. The number of halogens is 3. The van der Waals surface area contributed by atoms with Gasteiger partial charge in [0.25, 0.3) is 0 Å². The molecule has 158 valence electrons. The molecule has 0 saturated carbocycles. The first-order valence-corrected chi connectivity index (χ1v) is 10.2. The molecule has 1 amide bonds. The van der Waals surface area contributed by atoms with Crippen molar-refractivity contribution in [2.24, 2.45) is 0 Å². The van der Waals surface area contributed by atoms with Crippen LogP contribution in [0.2, 0.25) is 0 Å². The van der Waals surface area contributed by atoms with Crippen molar-refractivity contribution in [2.45, 2.75) is 31.0 Å². The van der Waals surface area contributed by atoms with Crippen molar-refractivity contribution in [1.82, 2.24) is 4.72 Å². The molecule has 0 bridgehead atoms. The fourth-order valence-electron chi connectivity index (χ4n) is 2.61. The molecule has 0 unspecified atom stereocenters. The number of nitrogens with one attached hydrogen (secondary N) is 2.